The summed E-state index contributed by atoms with van der Waals surface area (Å²) in [6, 6.07) is 18.2. The van der Waals surface area contributed by atoms with Crippen molar-refractivity contribution < 1.29 is 23.9 Å². The summed E-state index contributed by atoms with van der Waals surface area (Å²) in [4.78, 5) is 52.6. The summed E-state index contributed by atoms with van der Waals surface area (Å²) in [6.45, 7) is 7.19. The van der Waals surface area contributed by atoms with Crippen LogP contribution in [0.4, 0.5) is 17.1 Å². The Kier molecular flexibility index (Phi) is 7.64. The fraction of sp³-hybridized carbons (Fsp3) is 0.172. The average molecular weight is 532 g/mol. The van der Waals surface area contributed by atoms with Gasteiger partial charge in [-0.25, -0.2) is 9.69 Å². The molecule has 0 saturated heterocycles. The lowest BCUT2D eigenvalue weighted by Crippen LogP contribution is -2.33. The van der Waals surface area contributed by atoms with Gasteiger partial charge in [-0.1, -0.05) is 41.9 Å². The minimum absolute atomic E-state index is 0.0862. The van der Waals surface area contributed by atoms with Crippen LogP contribution in [-0.2, 0) is 14.3 Å². The zero-order valence-electron chi connectivity index (χ0n) is 21.3. The maximum absolute atomic E-state index is 13.2. The van der Waals surface area contributed by atoms with Gasteiger partial charge in [0.1, 0.15) is 10.7 Å². The second kappa shape index (κ2) is 10.9. The lowest BCUT2D eigenvalue weighted by molar-refractivity contribution is -0.120. The van der Waals surface area contributed by atoms with E-state index >= 15 is 0 Å². The Morgan fingerprint density at radius 2 is 1.63 bits per heavy atom. The van der Waals surface area contributed by atoms with Gasteiger partial charge in [-0.3, -0.25) is 14.4 Å². The van der Waals surface area contributed by atoms with Gasteiger partial charge in [0.25, 0.3) is 17.7 Å². The zero-order valence-corrected chi connectivity index (χ0v) is 22.1. The summed E-state index contributed by atoms with van der Waals surface area (Å²) in [7, 11) is 0. The largest absolute Gasteiger partial charge is 0.459 e. The molecule has 1 aliphatic heterocycles. The van der Waals surface area contributed by atoms with Crippen molar-refractivity contribution in [1.29, 1.82) is 0 Å². The maximum Gasteiger partial charge on any atom is 0.340 e. The summed E-state index contributed by atoms with van der Waals surface area (Å²) in [5, 5.41) is 5.38. The number of benzene rings is 3. The number of hydrogen-bond donors (Lipinski definition) is 2. The lowest BCUT2D eigenvalue weighted by atomic mass is 10.1. The first kappa shape index (κ1) is 26.6. The van der Waals surface area contributed by atoms with Crippen molar-refractivity contribution in [1.82, 2.24) is 0 Å². The predicted molar refractivity (Wildman–Crippen MR) is 146 cm³/mol. The van der Waals surface area contributed by atoms with Crippen LogP contribution in [-0.4, -0.2) is 29.8 Å². The minimum Gasteiger partial charge on any atom is -0.459 e. The molecule has 0 atom stereocenters. The van der Waals surface area contributed by atoms with Crippen molar-refractivity contribution in [3.63, 3.8) is 0 Å². The Hall–Kier alpha value is -4.43. The molecule has 1 heterocycles. The Morgan fingerprint density at radius 1 is 0.921 bits per heavy atom. The summed E-state index contributed by atoms with van der Waals surface area (Å²) >= 11 is 6.28. The number of para-hydroxylation sites is 1. The van der Waals surface area contributed by atoms with E-state index in [2.05, 4.69) is 10.6 Å². The predicted octanol–water partition coefficient (Wildman–Crippen LogP) is 5.56. The van der Waals surface area contributed by atoms with E-state index in [1.165, 1.54) is 6.07 Å². The molecule has 38 heavy (non-hydrogen) atoms. The highest BCUT2D eigenvalue weighted by atomic mass is 35.5. The van der Waals surface area contributed by atoms with Gasteiger partial charge in [0.05, 0.1) is 23.0 Å². The van der Waals surface area contributed by atoms with Gasteiger partial charge in [-0.2, -0.15) is 0 Å². The Labute approximate surface area is 225 Å². The second-order valence-electron chi connectivity index (χ2n) is 9.01. The van der Waals surface area contributed by atoms with E-state index in [9.17, 15) is 19.2 Å². The molecule has 8 nitrogen and oxygen atoms in total. The minimum atomic E-state index is -0.633. The Morgan fingerprint density at radius 3 is 2.37 bits per heavy atom. The van der Waals surface area contributed by atoms with Crippen molar-refractivity contribution >= 4 is 52.4 Å². The fourth-order valence-corrected chi connectivity index (χ4v) is 4.15. The first-order chi connectivity index (χ1) is 18.1. The molecule has 3 amide bonds. The number of carbonyl (C=O) groups excluding carboxylic acids is 4. The third-order valence-electron chi connectivity index (χ3n) is 5.98. The molecule has 0 saturated carbocycles. The van der Waals surface area contributed by atoms with Crippen LogP contribution < -0.4 is 15.5 Å². The number of rotatable bonds is 7. The van der Waals surface area contributed by atoms with Crippen molar-refractivity contribution in [3.8, 4) is 0 Å². The smallest absolute Gasteiger partial charge is 0.340 e. The Bertz CT molecular complexity index is 1500. The number of ether oxygens (including phenoxy) is 1. The zero-order chi connectivity index (χ0) is 27.6. The molecule has 2 N–H and O–H groups in total. The van der Waals surface area contributed by atoms with Gasteiger partial charge >= 0.3 is 5.97 Å². The van der Waals surface area contributed by atoms with E-state index < -0.39 is 23.7 Å². The first-order valence-electron chi connectivity index (χ1n) is 11.9. The highest BCUT2D eigenvalue weighted by Gasteiger charge is 2.39. The third kappa shape index (κ3) is 5.31. The molecule has 0 aromatic heterocycles. The van der Waals surface area contributed by atoms with E-state index in [0.29, 0.717) is 17.1 Å². The van der Waals surface area contributed by atoms with Crippen LogP contribution in [0.2, 0.25) is 0 Å². The van der Waals surface area contributed by atoms with Crippen LogP contribution in [0.5, 0.6) is 0 Å². The van der Waals surface area contributed by atoms with Crippen molar-refractivity contribution in [2.75, 3.05) is 15.5 Å². The van der Waals surface area contributed by atoms with E-state index in [1.54, 1.807) is 68.4 Å². The topological polar surface area (TPSA) is 105 Å². The quantitative estimate of drug-likeness (QED) is 0.305. The number of halogens is 1. The second-order valence-corrected chi connectivity index (χ2v) is 9.39. The molecule has 0 bridgehead atoms. The first-order valence-corrected chi connectivity index (χ1v) is 12.3. The number of aryl methyl sites for hydroxylation is 1. The van der Waals surface area contributed by atoms with Gasteiger partial charge in [-0.15, -0.1) is 0 Å². The number of nitrogens with one attached hydrogen (secondary N) is 2. The molecule has 0 unspecified atom stereocenters. The highest BCUT2D eigenvalue weighted by molar-refractivity contribution is 6.53. The van der Waals surface area contributed by atoms with E-state index in [-0.39, 0.29) is 28.0 Å². The van der Waals surface area contributed by atoms with Crippen LogP contribution >= 0.6 is 11.6 Å². The average Bonchev–Trinajstić information content (AvgIpc) is 3.09. The summed E-state index contributed by atoms with van der Waals surface area (Å²) in [6.07, 6.45) is -0.314. The molecule has 3 aromatic carbocycles. The van der Waals surface area contributed by atoms with E-state index in [1.807, 2.05) is 19.9 Å². The van der Waals surface area contributed by atoms with Crippen LogP contribution in [0.3, 0.4) is 0 Å². The fourth-order valence-electron chi connectivity index (χ4n) is 3.93. The van der Waals surface area contributed by atoms with Crippen molar-refractivity contribution in [3.05, 3.63) is 99.7 Å². The monoisotopic (exact) mass is 531 g/mol. The molecular formula is C29H26ClN3O5. The van der Waals surface area contributed by atoms with Crippen molar-refractivity contribution in [2.24, 2.45) is 0 Å². The molecule has 0 spiro atoms. The highest BCUT2D eigenvalue weighted by Crippen LogP contribution is 2.33. The van der Waals surface area contributed by atoms with Crippen LogP contribution in [0.15, 0.2) is 77.5 Å². The van der Waals surface area contributed by atoms with Gasteiger partial charge in [-0.05, 0) is 75.2 Å². The van der Waals surface area contributed by atoms with E-state index in [4.69, 9.17) is 16.3 Å². The lowest BCUT2D eigenvalue weighted by Gasteiger charge is -2.18. The number of hydrogen-bond acceptors (Lipinski definition) is 6. The number of imide groups is 1. The van der Waals surface area contributed by atoms with Gasteiger partial charge in [0.15, 0.2) is 0 Å². The molecule has 0 fully saturated rings. The normalized spacial score (nSPS) is 13.3. The van der Waals surface area contributed by atoms with E-state index in [0.717, 1.165) is 16.0 Å². The number of carbonyl (C=O) groups is 4. The number of anilines is 3. The molecular weight excluding hydrogens is 506 g/mol. The molecule has 194 valence electrons. The molecule has 9 heteroatoms. The molecule has 1 aliphatic rings. The molecule has 4 rings (SSSR count). The van der Waals surface area contributed by atoms with Gasteiger partial charge in [0.2, 0.25) is 0 Å². The maximum atomic E-state index is 13.2. The summed E-state index contributed by atoms with van der Waals surface area (Å²) < 4.78 is 5.26. The SMILES string of the molecule is Cc1cccc(N2C(=O)C(Cl)=C(Nc3cccc(C(=O)Nc4ccccc4C(=O)OC(C)C)c3)C2=O)c1C. The van der Waals surface area contributed by atoms with Crippen LogP contribution in [0.25, 0.3) is 0 Å². The molecule has 0 aliphatic carbocycles. The number of nitrogens with zero attached hydrogens (tertiary/aromatic N) is 1. The van der Waals surface area contributed by atoms with Crippen LogP contribution in [0, 0.1) is 13.8 Å². The van der Waals surface area contributed by atoms with Gasteiger partial charge in [0, 0.05) is 11.3 Å². The summed E-state index contributed by atoms with van der Waals surface area (Å²) in [5.74, 6) is -2.26. The number of esters is 1. The third-order valence-corrected chi connectivity index (χ3v) is 6.33. The van der Waals surface area contributed by atoms with Gasteiger partial charge < -0.3 is 15.4 Å². The van der Waals surface area contributed by atoms with Crippen LogP contribution in [0.1, 0.15) is 45.7 Å². The number of amides is 3. The molecule has 3 aromatic rings. The molecule has 0 radical (unpaired) electrons. The standard InChI is InChI=1S/C29H26ClN3O5/c1-16(2)38-29(37)21-12-5-6-13-22(21)32-26(34)19-10-8-11-20(15-19)31-25-24(30)27(35)33(28(25)36)23-14-7-9-17(3)18(23)4/h5-16,31H,1-4H3,(H,32,34). The summed E-state index contributed by atoms with van der Waals surface area (Å²) in [5.41, 5.74) is 3.24. The van der Waals surface area contributed by atoms with Crippen molar-refractivity contribution in [2.45, 2.75) is 33.8 Å². The Balaban J connectivity index is 1.55.